The van der Waals surface area contributed by atoms with E-state index in [4.69, 9.17) is 10.5 Å². The summed E-state index contributed by atoms with van der Waals surface area (Å²) in [5, 5.41) is 0. The first kappa shape index (κ1) is 11.9. The zero-order valence-electron chi connectivity index (χ0n) is 9.48. The average molecular weight is 293 g/mol. The van der Waals surface area contributed by atoms with Crippen LogP contribution in [-0.4, -0.2) is 4.98 Å². The molecule has 1 heterocycles. The molecule has 1 aromatic carbocycles. The van der Waals surface area contributed by atoms with Crippen LogP contribution in [0.1, 0.15) is 11.3 Å². The molecule has 0 spiro atoms. The maximum absolute atomic E-state index is 5.79. The molecule has 0 saturated heterocycles. The molecule has 0 unspecified atom stereocenters. The summed E-state index contributed by atoms with van der Waals surface area (Å²) in [6.45, 7) is 2.35. The number of nitrogens with zero attached hydrogens (tertiary/aromatic N) is 1. The molecule has 0 bridgehead atoms. The van der Waals surface area contributed by atoms with Crippen LogP contribution in [0.4, 0.5) is 5.69 Å². The summed E-state index contributed by atoms with van der Waals surface area (Å²) in [5.74, 6) is 0.487. The Morgan fingerprint density at radius 3 is 2.76 bits per heavy atom. The van der Waals surface area contributed by atoms with Gasteiger partial charge < -0.3 is 10.5 Å². The molecule has 17 heavy (non-hydrogen) atoms. The van der Waals surface area contributed by atoms with Gasteiger partial charge in [0.15, 0.2) is 0 Å². The molecule has 4 heteroatoms. The fourth-order valence-electron chi connectivity index (χ4n) is 1.42. The van der Waals surface area contributed by atoms with Gasteiger partial charge in [0.05, 0.1) is 5.69 Å². The third-order valence-electron chi connectivity index (χ3n) is 2.35. The summed E-state index contributed by atoms with van der Waals surface area (Å²) >= 11 is 3.47. The Labute approximate surface area is 109 Å². The number of pyridine rings is 1. The second-order valence-electron chi connectivity index (χ2n) is 3.73. The highest BCUT2D eigenvalue weighted by Crippen LogP contribution is 2.22. The minimum Gasteiger partial charge on any atom is -0.471 e. The van der Waals surface area contributed by atoms with Crippen molar-refractivity contribution in [2.75, 3.05) is 5.73 Å². The SMILES string of the molecule is Cc1ccc(N)c(OCc2ccccc2Br)n1. The normalized spacial score (nSPS) is 10.2. The second kappa shape index (κ2) is 5.19. The topological polar surface area (TPSA) is 48.1 Å². The van der Waals surface area contributed by atoms with E-state index in [2.05, 4.69) is 20.9 Å². The predicted molar refractivity (Wildman–Crippen MR) is 71.9 cm³/mol. The Morgan fingerprint density at radius 1 is 1.24 bits per heavy atom. The van der Waals surface area contributed by atoms with Crippen molar-refractivity contribution in [1.82, 2.24) is 4.98 Å². The van der Waals surface area contributed by atoms with Crippen molar-refractivity contribution in [3.05, 3.63) is 52.1 Å². The molecule has 1 aromatic heterocycles. The smallest absolute Gasteiger partial charge is 0.237 e. The molecule has 88 valence electrons. The standard InChI is InChI=1S/C13H13BrN2O/c1-9-6-7-12(15)13(16-9)17-8-10-4-2-3-5-11(10)14/h2-7H,8,15H2,1H3. The molecule has 2 aromatic rings. The second-order valence-corrected chi connectivity index (χ2v) is 4.58. The highest BCUT2D eigenvalue weighted by atomic mass is 79.9. The average Bonchev–Trinajstić information content (AvgIpc) is 2.32. The number of hydrogen-bond donors (Lipinski definition) is 1. The first-order chi connectivity index (χ1) is 8.16. The number of aryl methyl sites for hydroxylation is 1. The van der Waals surface area contributed by atoms with Crippen molar-refractivity contribution in [2.24, 2.45) is 0 Å². The minimum absolute atomic E-state index is 0.447. The summed E-state index contributed by atoms with van der Waals surface area (Å²) in [5.41, 5.74) is 8.31. The molecule has 2 N–H and O–H groups in total. The van der Waals surface area contributed by atoms with Crippen LogP contribution in [-0.2, 0) is 6.61 Å². The highest BCUT2D eigenvalue weighted by molar-refractivity contribution is 9.10. The molecule has 0 fully saturated rings. The fraction of sp³-hybridized carbons (Fsp3) is 0.154. The number of anilines is 1. The molecule has 0 aliphatic rings. The number of hydrogen-bond acceptors (Lipinski definition) is 3. The van der Waals surface area contributed by atoms with Gasteiger partial charge in [0.25, 0.3) is 0 Å². The van der Waals surface area contributed by atoms with Gasteiger partial charge in [0, 0.05) is 15.7 Å². The van der Waals surface area contributed by atoms with Gasteiger partial charge in [-0.2, -0.15) is 0 Å². The van der Waals surface area contributed by atoms with E-state index < -0.39 is 0 Å². The summed E-state index contributed by atoms with van der Waals surface area (Å²) in [4.78, 5) is 4.25. The fourth-order valence-corrected chi connectivity index (χ4v) is 1.82. The number of aromatic nitrogens is 1. The third-order valence-corrected chi connectivity index (χ3v) is 3.12. The van der Waals surface area contributed by atoms with E-state index in [1.807, 2.05) is 37.3 Å². The molecule has 0 saturated carbocycles. The first-order valence-corrected chi connectivity index (χ1v) is 6.05. The largest absolute Gasteiger partial charge is 0.471 e. The number of rotatable bonds is 3. The van der Waals surface area contributed by atoms with Crippen molar-refractivity contribution in [3.63, 3.8) is 0 Å². The quantitative estimate of drug-likeness (QED) is 0.944. The number of ether oxygens (including phenoxy) is 1. The van der Waals surface area contributed by atoms with Gasteiger partial charge in [-0.3, -0.25) is 0 Å². The van der Waals surface area contributed by atoms with E-state index in [0.717, 1.165) is 15.7 Å². The molecule has 2 rings (SSSR count). The molecular formula is C13H13BrN2O. The van der Waals surface area contributed by atoms with E-state index in [-0.39, 0.29) is 0 Å². The number of halogens is 1. The van der Waals surface area contributed by atoms with Crippen LogP contribution in [0, 0.1) is 6.92 Å². The lowest BCUT2D eigenvalue weighted by Gasteiger charge is -2.09. The van der Waals surface area contributed by atoms with Crippen LogP contribution in [0.2, 0.25) is 0 Å². The van der Waals surface area contributed by atoms with Crippen LogP contribution in [0.25, 0.3) is 0 Å². The lowest BCUT2D eigenvalue weighted by molar-refractivity contribution is 0.294. The molecule has 0 radical (unpaired) electrons. The van der Waals surface area contributed by atoms with E-state index >= 15 is 0 Å². The summed E-state index contributed by atoms with van der Waals surface area (Å²) in [6.07, 6.45) is 0. The zero-order valence-corrected chi connectivity index (χ0v) is 11.1. The van der Waals surface area contributed by atoms with Crippen LogP contribution in [0.15, 0.2) is 40.9 Å². The minimum atomic E-state index is 0.447. The van der Waals surface area contributed by atoms with E-state index in [9.17, 15) is 0 Å². The van der Waals surface area contributed by atoms with Gasteiger partial charge in [-0.25, -0.2) is 4.98 Å². The van der Waals surface area contributed by atoms with Gasteiger partial charge in [-0.15, -0.1) is 0 Å². The van der Waals surface area contributed by atoms with Crippen LogP contribution < -0.4 is 10.5 Å². The Balaban J connectivity index is 2.12. The first-order valence-electron chi connectivity index (χ1n) is 5.26. The van der Waals surface area contributed by atoms with Crippen LogP contribution in [0.3, 0.4) is 0 Å². The van der Waals surface area contributed by atoms with Gasteiger partial charge in [0.2, 0.25) is 5.88 Å². The van der Waals surface area contributed by atoms with Crippen molar-refractivity contribution in [2.45, 2.75) is 13.5 Å². The molecule has 0 atom stereocenters. The predicted octanol–water partition coefficient (Wildman–Crippen LogP) is 3.31. The zero-order chi connectivity index (χ0) is 12.3. The van der Waals surface area contributed by atoms with Gasteiger partial charge >= 0.3 is 0 Å². The van der Waals surface area contributed by atoms with E-state index in [1.54, 1.807) is 6.07 Å². The van der Waals surface area contributed by atoms with E-state index in [0.29, 0.717) is 18.2 Å². The summed E-state index contributed by atoms with van der Waals surface area (Å²) in [6, 6.07) is 11.6. The summed E-state index contributed by atoms with van der Waals surface area (Å²) < 4.78 is 6.64. The lowest BCUT2D eigenvalue weighted by atomic mass is 10.2. The number of benzene rings is 1. The molecular weight excluding hydrogens is 280 g/mol. The third kappa shape index (κ3) is 2.97. The van der Waals surface area contributed by atoms with Crippen molar-refractivity contribution in [3.8, 4) is 5.88 Å². The van der Waals surface area contributed by atoms with Crippen molar-refractivity contribution < 1.29 is 4.74 Å². The van der Waals surface area contributed by atoms with Gasteiger partial charge in [-0.05, 0) is 25.1 Å². The Kier molecular flexibility index (Phi) is 3.64. The highest BCUT2D eigenvalue weighted by Gasteiger charge is 2.04. The van der Waals surface area contributed by atoms with Crippen LogP contribution >= 0.6 is 15.9 Å². The maximum Gasteiger partial charge on any atom is 0.237 e. The maximum atomic E-state index is 5.79. The van der Waals surface area contributed by atoms with Crippen LogP contribution in [0.5, 0.6) is 5.88 Å². The molecule has 3 nitrogen and oxygen atoms in total. The Bertz CT molecular complexity index is 529. The van der Waals surface area contributed by atoms with E-state index in [1.165, 1.54) is 0 Å². The monoisotopic (exact) mass is 292 g/mol. The summed E-state index contributed by atoms with van der Waals surface area (Å²) in [7, 11) is 0. The van der Waals surface area contributed by atoms with Gasteiger partial charge in [0.1, 0.15) is 6.61 Å². The molecule has 0 aliphatic heterocycles. The lowest BCUT2D eigenvalue weighted by Crippen LogP contribution is -2.02. The number of nitrogen functional groups attached to an aromatic ring is 1. The van der Waals surface area contributed by atoms with Crippen molar-refractivity contribution in [1.29, 1.82) is 0 Å². The Hall–Kier alpha value is -1.55. The number of nitrogens with two attached hydrogens (primary N) is 1. The molecule has 0 aliphatic carbocycles. The van der Waals surface area contributed by atoms with Crippen molar-refractivity contribution >= 4 is 21.6 Å². The van der Waals surface area contributed by atoms with Gasteiger partial charge in [-0.1, -0.05) is 34.1 Å². The molecule has 0 amide bonds. The Morgan fingerprint density at radius 2 is 2.00 bits per heavy atom.